The molecule has 0 aliphatic heterocycles. The molecule has 0 saturated heterocycles. The van der Waals surface area contributed by atoms with Crippen LogP contribution in [0.4, 0.5) is 4.79 Å². The second-order valence-corrected chi connectivity index (χ2v) is 10.9. The molecule has 4 N–H and O–H groups in total. The van der Waals surface area contributed by atoms with E-state index in [0.717, 1.165) is 0 Å². The molecule has 0 heterocycles. The van der Waals surface area contributed by atoms with Crippen LogP contribution in [0.3, 0.4) is 0 Å². The van der Waals surface area contributed by atoms with Crippen LogP contribution < -0.4 is 21.3 Å². The lowest BCUT2D eigenvalue weighted by Gasteiger charge is -2.21. The van der Waals surface area contributed by atoms with E-state index in [4.69, 9.17) is 29.2 Å². The molecule has 0 spiro atoms. The zero-order chi connectivity index (χ0) is 29.5. The number of ether oxygens (including phenoxy) is 1. The zero-order valence-electron chi connectivity index (χ0n) is 23.0. The number of carbonyl (C=O) groups is 4. The molecule has 0 aliphatic carbocycles. The average Bonchev–Trinajstić information content (AvgIpc) is 2.90. The third-order valence-corrected chi connectivity index (χ3v) is 5.88. The van der Waals surface area contributed by atoms with Gasteiger partial charge in [0.25, 0.3) is 0 Å². The van der Waals surface area contributed by atoms with Gasteiger partial charge in [-0.15, -0.1) is 0 Å². The SMILES string of the molecule is CC(C)(C)OC(=O)NCCNC(=O)C(CCNC(=S)CC(=O)c1ccccc1)NC(=S)CC(=O)c1ccccc1. The standard InChI is InChI=1S/C29H36N4O5S2/c1-29(2,3)38-28(37)32-17-16-31-27(36)22(33-26(40)19-24(35)21-12-8-5-9-13-21)14-15-30-25(39)18-23(34)20-10-6-4-7-11-20/h4-13,22H,14-19H2,1-3H3,(H,30,39)(H,31,36)(H,32,37)(H,33,40). The van der Waals surface area contributed by atoms with Gasteiger partial charge in [-0.3, -0.25) is 14.4 Å². The van der Waals surface area contributed by atoms with Gasteiger partial charge in [0.05, 0.1) is 22.8 Å². The van der Waals surface area contributed by atoms with Crippen molar-refractivity contribution in [2.75, 3.05) is 19.6 Å². The molecule has 0 bridgehead atoms. The number of thiocarbonyl (C=S) groups is 2. The van der Waals surface area contributed by atoms with Gasteiger partial charge < -0.3 is 26.0 Å². The fraction of sp³-hybridized carbons (Fsp3) is 0.379. The first-order valence-corrected chi connectivity index (χ1v) is 13.7. The summed E-state index contributed by atoms with van der Waals surface area (Å²) in [6, 6.07) is 16.8. The van der Waals surface area contributed by atoms with Crippen molar-refractivity contribution >= 4 is 58.0 Å². The topological polar surface area (TPSA) is 126 Å². The number of rotatable bonds is 14. The van der Waals surface area contributed by atoms with Crippen molar-refractivity contribution in [3.05, 3.63) is 71.8 Å². The van der Waals surface area contributed by atoms with Crippen LogP contribution in [-0.4, -0.2) is 64.8 Å². The minimum Gasteiger partial charge on any atom is -0.444 e. The molecule has 2 aromatic carbocycles. The Morgan fingerprint density at radius 3 is 1.75 bits per heavy atom. The molecule has 1 atom stereocenters. The monoisotopic (exact) mass is 584 g/mol. The van der Waals surface area contributed by atoms with Crippen molar-refractivity contribution in [3.8, 4) is 0 Å². The highest BCUT2D eigenvalue weighted by atomic mass is 32.1. The Kier molecular flexibility index (Phi) is 13.3. The second kappa shape index (κ2) is 16.4. The minimum absolute atomic E-state index is 0.0456. The van der Waals surface area contributed by atoms with E-state index in [2.05, 4.69) is 21.3 Å². The highest BCUT2D eigenvalue weighted by Crippen LogP contribution is 2.07. The first kappa shape index (κ1) is 32.5. The third-order valence-electron chi connectivity index (χ3n) is 5.33. The first-order valence-electron chi connectivity index (χ1n) is 12.9. The van der Waals surface area contributed by atoms with E-state index in [0.29, 0.717) is 16.1 Å². The highest BCUT2D eigenvalue weighted by molar-refractivity contribution is 7.80. The van der Waals surface area contributed by atoms with Crippen LogP contribution in [0.1, 0.15) is 60.7 Å². The molecule has 0 aromatic heterocycles. The predicted octanol–water partition coefficient (Wildman–Crippen LogP) is 3.77. The largest absolute Gasteiger partial charge is 0.444 e. The Morgan fingerprint density at radius 2 is 1.23 bits per heavy atom. The van der Waals surface area contributed by atoms with Gasteiger partial charge in [0.15, 0.2) is 11.6 Å². The first-order chi connectivity index (χ1) is 18.9. The van der Waals surface area contributed by atoms with Crippen LogP contribution in [0.15, 0.2) is 60.7 Å². The maximum atomic E-state index is 13.0. The molecule has 0 saturated carbocycles. The van der Waals surface area contributed by atoms with Crippen LogP contribution in [0.25, 0.3) is 0 Å². The Balaban J connectivity index is 1.90. The van der Waals surface area contributed by atoms with Crippen LogP contribution in [-0.2, 0) is 9.53 Å². The molecule has 2 amide bonds. The van der Waals surface area contributed by atoms with Gasteiger partial charge >= 0.3 is 6.09 Å². The fourth-order valence-electron chi connectivity index (χ4n) is 3.46. The number of ketones is 2. The number of benzene rings is 2. The van der Waals surface area contributed by atoms with E-state index in [1.54, 1.807) is 69.3 Å². The lowest BCUT2D eigenvalue weighted by Crippen LogP contribution is -2.49. The van der Waals surface area contributed by atoms with Gasteiger partial charge in [-0.25, -0.2) is 4.79 Å². The summed E-state index contributed by atoms with van der Waals surface area (Å²) in [5.41, 5.74) is 0.462. The van der Waals surface area contributed by atoms with Crippen LogP contribution in [0, 0.1) is 0 Å². The molecule has 9 nitrogen and oxygen atoms in total. The number of carbonyl (C=O) groups excluding carboxylic acids is 4. The molecular weight excluding hydrogens is 548 g/mol. The van der Waals surface area contributed by atoms with Gasteiger partial charge in [-0.2, -0.15) is 0 Å². The summed E-state index contributed by atoms with van der Waals surface area (Å²) >= 11 is 10.7. The van der Waals surface area contributed by atoms with E-state index in [1.807, 2.05) is 12.1 Å². The fourth-order valence-corrected chi connectivity index (χ4v) is 3.97. The van der Waals surface area contributed by atoms with Gasteiger partial charge in [0, 0.05) is 30.8 Å². The van der Waals surface area contributed by atoms with Crippen LogP contribution in [0.5, 0.6) is 0 Å². The van der Waals surface area contributed by atoms with Gasteiger partial charge in [0.1, 0.15) is 11.6 Å². The number of hydrogen-bond acceptors (Lipinski definition) is 7. The molecule has 0 fully saturated rings. The van der Waals surface area contributed by atoms with Crippen molar-refractivity contribution in [1.29, 1.82) is 0 Å². The predicted molar refractivity (Wildman–Crippen MR) is 163 cm³/mol. The van der Waals surface area contributed by atoms with Crippen molar-refractivity contribution in [2.45, 2.75) is 51.7 Å². The van der Waals surface area contributed by atoms with Crippen molar-refractivity contribution in [1.82, 2.24) is 21.3 Å². The smallest absolute Gasteiger partial charge is 0.407 e. The molecule has 214 valence electrons. The molecular formula is C29H36N4O5S2. The minimum atomic E-state index is -0.780. The highest BCUT2D eigenvalue weighted by Gasteiger charge is 2.21. The van der Waals surface area contributed by atoms with Crippen LogP contribution in [0.2, 0.25) is 0 Å². The number of nitrogens with one attached hydrogen (secondary N) is 4. The molecule has 2 aromatic rings. The number of alkyl carbamates (subject to hydrolysis) is 1. The summed E-state index contributed by atoms with van der Waals surface area (Å²) in [5, 5.41) is 11.3. The molecule has 11 heteroatoms. The van der Waals surface area contributed by atoms with Crippen molar-refractivity contribution in [2.24, 2.45) is 0 Å². The van der Waals surface area contributed by atoms with Crippen molar-refractivity contribution in [3.63, 3.8) is 0 Å². The maximum absolute atomic E-state index is 13.0. The van der Waals surface area contributed by atoms with Gasteiger partial charge in [-0.1, -0.05) is 85.1 Å². The molecule has 40 heavy (non-hydrogen) atoms. The van der Waals surface area contributed by atoms with E-state index in [9.17, 15) is 19.2 Å². The Morgan fingerprint density at radius 1 is 0.725 bits per heavy atom. The van der Waals surface area contributed by atoms with Gasteiger partial charge in [0.2, 0.25) is 5.91 Å². The lowest BCUT2D eigenvalue weighted by atomic mass is 10.1. The van der Waals surface area contributed by atoms with Gasteiger partial charge in [-0.05, 0) is 27.2 Å². The molecule has 1 unspecified atom stereocenters. The summed E-state index contributed by atoms with van der Waals surface area (Å²) in [6.45, 7) is 5.88. The summed E-state index contributed by atoms with van der Waals surface area (Å²) in [7, 11) is 0. The Labute approximate surface area is 245 Å². The average molecular weight is 585 g/mol. The number of hydrogen-bond donors (Lipinski definition) is 4. The Bertz CT molecular complexity index is 1180. The lowest BCUT2D eigenvalue weighted by molar-refractivity contribution is -0.122. The normalized spacial score (nSPS) is 11.5. The summed E-state index contributed by atoms with van der Waals surface area (Å²) in [4.78, 5) is 50.3. The number of Topliss-reactive ketones (excluding diaryl/α,β-unsaturated/α-hetero) is 2. The third kappa shape index (κ3) is 12.9. The molecule has 2 rings (SSSR count). The summed E-state index contributed by atoms with van der Waals surface area (Å²) in [6.07, 6.45) is -0.324. The zero-order valence-corrected chi connectivity index (χ0v) is 24.6. The van der Waals surface area contributed by atoms with Crippen LogP contribution >= 0.6 is 24.4 Å². The second-order valence-electron chi connectivity index (χ2n) is 9.91. The van der Waals surface area contributed by atoms with E-state index >= 15 is 0 Å². The maximum Gasteiger partial charge on any atom is 0.407 e. The van der Waals surface area contributed by atoms with Crippen molar-refractivity contribution < 1.29 is 23.9 Å². The Hall–Kier alpha value is -3.70. The quantitative estimate of drug-likeness (QED) is 0.149. The molecule has 0 aliphatic rings. The van der Waals surface area contributed by atoms with E-state index < -0.39 is 17.7 Å². The summed E-state index contributed by atoms with van der Waals surface area (Å²) in [5.74, 6) is -0.644. The number of amides is 2. The summed E-state index contributed by atoms with van der Waals surface area (Å²) < 4.78 is 5.18. The molecule has 0 radical (unpaired) electrons. The van der Waals surface area contributed by atoms with E-state index in [-0.39, 0.29) is 61.4 Å². The van der Waals surface area contributed by atoms with E-state index in [1.165, 1.54) is 0 Å².